The summed E-state index contributed by atoms with van der Waals surface area (Å²) in [6.45, 7) is 4.24. The van der Waals surface area contributed by atoms with Gasteiger partial charge in [-0.1, -0.05) is 64.5 Å². The second-order valence-corrected chi connectivity index (χ2v) is 6.83. The van der Waals surface area contributed by atoms with E-state index >= 15 is 0 Å². The zero-order valence-electron chi connectivity index (χ0n) is 15.8. The monoisotopic (exact) mass is 356 g/mol. The SMILES string of the molecule is CCCCCC(O)C=CC1CC(=O)CC1O.CCCCCCC(=O)O. The summed E-state index contributed by atoms with van der Waals surface area (Å²) in [5, 5.41) is 27.4. The first-order valence-corrected chi connectivity index (χ1v) is 9.68. The molecule has 25 heavy (non-hydrogen) atoms. The molecule has 1 fully saturated rings. The fraction of sp³-hybridized carbons (Fsp3) is 0.800. The van der Waals surface area contributed by atoms with E-state index in [1.807, 2.05) is 0 Å². The van der Waals surface area contributed by atoms with Gasteiger partial charge in [0.2, 0.25) is 0 Å². The van der Waals surface area contributed by atoms with Gasteiger partial charge >= 0.3 is 5.97 Å². The molecule has 0 bridgehead atoms. The molecule has 0 aromatic heterocycles. The highest BCUT2D eigenvalue weighted by molar-refractivity contribution is 5.81. The van der Waals surface area contributed by atoms with Gasteiger partial charge in [0.05, 0.1) is 12.2 Å². The molecule has 0 radical (unpaired) electrons. The molecule has 1 aliphatic rings. The fourth-order valence-electron chi connectivity index (χ4n) is 2.74. The van der Waals surface area contributed by atoms with E-state index in [0.29, 0.717) is 12.8 Å². The number of hydrogen-bond donors (Lipinski definition) is 3. The van der Waals surface area contributed by atoms with Crippen LogP contribution >= 0.6 is 0 Å². The van der Waals surface area contributed by atoms with Crippen molar-refractivity contribution in [2.45, 2.75) is 96.7 Å². The van der Waals surface area contributed by atoms with Crippen molar-refractivity contribution < 1.29 is 24.9 Å². The number of hydrogen-bond acceptors (Lipinski definition) is 4. The number of carboxylic acids is 1. The summed E-state index contributed by atoms with van der Waals surface area (Å²) in [7, 11) is 0. The summed E-state index contributed by atoms with van der Waals surface area (Å²) in [6.07, 6.45) is 11.8. The summed E-state index contributed by atoms with van der Waals surface area (Å²) in [5.41, 5.74) is 0. The largest absolute Gasteiger partial charge is 0.481 e. The minimum Gasteiger partial charge on any atom is -0.481 e. The highest BCUT2D eigenvalue weighted by Crippen LogP contribution is 2.24. The van der Waals surface area contributed by atoms with Crippen LogP contribution < -0.4 is 0 Å². The molecule has 0 aromatic rings. The van der Waals surface area contributed by atoms with Gasteiger partial charge in [0, 0.05) is 25.2 Å². The summed E-state index contributed by atoms with van der Waals surface area (Å²) < 4.78 is 0. The molecule has 0 amide bonds. The molecule has 5 nitrogen and oxygen atoms in total. The molecule has 1 aliphatic carbocycles. The lowest BCUT2D eigenvalue weighted by molar-refractivity contribution is -0.137. The van der Waals surface area contributed by atoms with Crippen LogP contribution in [0.4, 0.5) is 0 Å². The van der Waals surface area contributed by atoms with Crippen molar-refractivity contribution >= 4 is 11.8 Å². The van der Waals surface area contributed by atoms with Gasteiger partial charge in [0.25, 0.3) is 0 Å². The number of aliphatic carboxylic acids is 1. The van der Waals surface area contributed by atoms with Gasteiger partial charge in [-0.15, -0.1) is 0 Å². The van der Waals surface area contributed by atoms with Crippen LogP contribution in [0.15, 0.2) is 12.2 Å². The summed E-state index contributed by atoms with van der Waals surface area (Å²) in [6, 6.07) is 0. The van der Waals surface area contributed by atoms with E-state index < -0.39 is 18.2 Å². The highest BCUT2D eigenvalue weighted by atomic mass is 16.4. The van der Waals surface area contributed by atoms with Crippen LogP contribution in [0.5, 0.6) is 0 Å². The Hall–Kier alpha value is -1.20. The first-order valence-electron chi connectivity index (χ1n) is 9.68. The van der Waals surface area contributed by atoms with Crippen LogP contribution in [0.3, 0.4) is 0 Å². The van der Waals surface area contributed by atoms with Crippen molar-refractivity contribution in [3.63, 3.8) is 0 Å². The molecular formula is C20H36O5. The molecule has 0 heterocycles. The number of rotatable bonds is 11. The van der Waals surface area contributed by atoms with Crippen molar-refractivity contribution in [3.8, 4) is 0 Å². The zero-order valence-corrected chi connectivity index (χ0v) is 15.8. The van der Waals surface area contributed by atoms with Gasteiger partial charge < -0.3 is 15.3 Å². The number of Topliss-reactive ketones (excluding diaryl/α,β-unsaturated/α-hetero) is 1. The zero-order chi connectivity index (χ0) is 19.1. The van der Waals surface area contributed by atoms with Gasteiger partial charge in [-0.3, -0.25) is 9.59 Å². The van der Waals surface area contributed by atoms with Crippen molar-refractivity contribution in [3.05, 3.63) is 12.2 Å². The number of ketones is 1. The van der Waals surface area contributed by atoms with Crippen LogP contribution in [0, 0.1) is 5.92 Å². The number of unbranched alkanes of at least 4 members (excludes halogenated alkanes) is 5. The lowest BCUT2D eigenvalue weighted by atomic mass is 10.0. The fourth-order valence-corrected chi connectivity index (χ4v) is 2.74. The van der Waals surface area contributed by atoms with E-state index in [4.69, 9.17) is 5.11 Å². The number of carboxylic acid groups (broad SMARTS) is 1. The first kappa shape index (κ1) is 23.8. The predicted molar refractivity (Wildman–Crippen MR) is 99.4 cm³/mol. The average Bonchev–Trinajstić information content (AvgIpc) is 2.88. The van der Waals surface area contributed by atoms with Gasteiger partial charge in [-0.25, -0.2) is 0 Å². The van der Waals surface area contributed by atoms with E-state index in [0.717, 1.165) is 44.9 Å². The molecule has 146 valence electrons. The molecular weight excluding hydrogens is 320 g/mol. The molecule has 5 heteroatoms. The normalized spacial score (nSPS) is 21.2. The molecule has 3 atom stereocenters. The van der Waals surface area contributed by atoms with E-state index in [-0.39, 0.29) is 18.1 Å². The maximum atomic E-state index is 11.1. The third-order valence-electron chi connectivity index (χ3n) is 4.32. The Morgan fingerprint density at radius 3 is 2.28 bits per heavy atom. The van der Waals surface area contributed by atoms with Gasteiger partial charge in [0.15, 0.2) is 0 Å². The molecule has 1 saturated carbocycles. The highest BCUT2D eigenvalue weighted by Gasteiger charge is 2.29. The van der Waals surface area contributed by atoms with E-state index in [2.05, 4.69) is 13.8 Å². The molecule has 3 unspecified atom stereocenters. The van der Waals surface area contributed by atoms with Gasteiger partial charge in [-0.05, 0) is 12.8 Å². The summed E-state index contributed by atoms with van der Waals surface area (Å²) in [5.74, 6) is -0.651. The second-order valence-electron chi connectivity index (χ2n) is 6.83. The number of carbonyl (C=O) groups is 2. The van der Waals surface area contributed by atoms with E-state index in [9.17, 15) is 19.8 Å². The summed E-state index contributed by atoms with van der Waals surface area (Å²) >= 11 is 0. The van der Waals surface area contributed by atoms with E-state index in [1.54, 1.807) is 12.2 Å². The third-order valence-corrected chi connectivity index (χ3v) is 4.32. The van der Waals surface area contributed by atoms with Crippen LogP contribution in [0.25, 0.3) is 0 Å². The maximum absolute atomic E-state index is 11.1. The van der Waals surface area contributed by atoms with E-state index in [1.165, 1.54) is 6.42 Å². The first-order chi connectivity index (χ1) is 11.9. The lowest BCUT2D eigenvalue weighted by Gasteiger charge is -2.09. The Kier molecular flexibility index (Phi) is 14.4. The molecule has 1 rings (SSSR count). The average molecular weight is 357 g/mol. The number of aliphatic hydroxyl groups excluding tert-OH is 2. The quantitative estimate of drug-likeness (QED) is 0.386. The second kappa shape index (κ2) is 15.1. The Bertz CT molecular complexity index is 392. The van der Waals surface area contributed by atoms with Crippen LogP contribution in [0.2, 0.25) is 0 Å². The Morgan fingerprint density at radius 2 is 1.76 bits per heavy atom. The molecule has 0 spiro atoms. The van der Waals surface area contributed by atoms with Crippen molar-refractivity contribution in [1.82, 2.24) is 0 Å². The van der Waals surface area contributed by atoms with Crippen molar-refractivity contribution in [2.75, 3.05) is 0 Å². The topological polar surface area (TPSA) is 94.8 Å². The predicted octanol–water partition coefficient (Wildman–Crippen LogP) is 3.87. The molecule has 3 N–H and O–H groups in total. The number of carbonyl (C=O) groups excluding carboxylic acids is 1. The minimum atomic E-state index is -0.675. The van der Waals surface area contributed by atoms with Gasteiger partial charge in [0.1, 0.15) is 5.78 Å². The van der Waals surface area contributed by atoms with Crippen molar-refractivity contribution in [1.29, 1.82) is 0 Å². The van der Waals surface area contributed by atoms with Crippen molar-refractivity contribution in [2.24, 2.45) is 5.92 Å². The van der Waals surface area contributed by atoms with Crippen LogP contribution in [-0.4, -0.2) is 39.3 Å². The molecule has 0 aromatic carbocycles. The Morgan fingerprint density at radius 1 is 1.12 bits per heavy atom. The molecule has 0 aliphatic heterocycles. The third kappa shape index (κ3) is 13.7. The standard InChI is InChI=1S/C13H22O3.C7H14O2/c1-2-3-4-5-11(14)7-6-10-8-12(15)9-13(10)16;1-2-3-4-5-6-7(8)9/h6-7,10-11,13-14,16H,2-5,8-9H2,1H3;2-6H2,1H3,(H,8,9). The molecule has 0 saturated heterocycles. The smallest absolute Gasteiger partial charge is 0.303 e. The van der Waals surface area contributed by atoms with Crippen LogP contribution in [0.1, 0.15) is 84.5 Å². The number of aliphatic hydroxyl groups is 2. The maximum Gasteiger partial charge on any atom is 0.303 e. The lowest BCUT2D eigenvalue weighted by Crippen LogP contribution is -2.11. The van der Waals surface area contributed by atoms with Crippen LogP contribution in [-0.2, 0) is 9.59 Å². The Balaban J connectivity index is 0.000000547. The van der Waals surface area contributed by atoms with Gasteiger partial charge in [-0.2, -0.15) is 0 Å². The minimum absolute atomic E-state index is 0.0895. The Labute approximate surface area is 152 Å². The summed E-state index contributed by atoms with van der Waals surface area (Å²) in [4.78, 5) is 21.0.